The van der Waals surface area contributed by atoms with E-state index in [-0.39, 0.29) is 22.5 Å². The lowest BCUT2D eigenvalue weighted by atomic mass is 9.71. The van der Waals surface area contributed by atoms with Gasteiger partial charge >= 0.3 is 6.18 Å². The zero-order chi connectivity index (χ0) is 32.1. The highest BCUT2D eigenvalue weighted by Crippen LogP contribution is 2.52. The average Bonchev–Trinajstić information content (AvgIpc) is 2.95. The fourth-order valence-corrected chi connectivity index (χ4v) is 7.75. The number of hydrogen-bond donors (Lipinski definition) is 1. The van der Waals surface area contributed by atoms with Gasteiger partial charge in [-0.3, -0.25) is 9.97 Å². The molecule has 1 aliphatic carbocycles. The quantitative estimate of drug-likeness (QED) is 0.323. The van der Waals surface area contributed by atoms with Gasteiger partial charge in [-0.15, -0.1) is 0 Å². The van der Waals surface area contributed by atoms with Crippen molar-refractivity contribution in [2.24, 2.45) is 5.41 Å². The maximum atomic E-state index is 13.4. The Morgan fingerprint density at radius 3 is 2.34 bits per heavy atom. The Kier molecular flexibility index (Phi) is 9.25. The number of halogens is 3. The number of hydrogen-bond acceptors (Lipinski definition) is 6. The lowest BCUT2D eigenvalue weighted by molar-refractivity contribution is -0.141. The second-order valence-electron chi connectivity index (χ2n) is 14.9. The molecule has 0 spiro atoms. The van der Waals surface area contributed by atoms with Crippen LogP contribution in [0.1, 0.15) is 118 Å². The van der Waals surface area contributed by atoms with Crippen LogP contribution in [0.3, 0.4) is 0 Å². The third-order valence-corrected chi connectivity index (χ3v) is 14.4. The second-order valence-corrected chi connectivity index (χ2v) is 19.6. The summed E-state index contributed by atoms with van der Waals surface area (Å²) < 4.78 is 58.8. The van der Waals surface area contributed by atoms with Crippen molar-refractivity contribution in [1.29, 1.82) is 0 Å². The highest BCUT2D eigenvalue weighted by molar-refractivity contribution is 6.74. The molecule has 0 unspecified atom stereocenters. The normalized spacial score (nSPS) is 22.3. The number of rotatable bonds is 6. The van der Waals surface area contributed by atoms with E-state index in [0.717, 1.165) is 66.0 Å². The number of alkyl halides is 3. The largest absolute Gasteiger partial charge is 0.433 e. The third-order valence-electron chi connectivity index (χ3n) is 9.89. The van der Waals surface area contributed by atoms with Gasteiger partial charge in [0.25, 0.3) is 0 Å². The fourth-order valence-electron chi connectivity index (χ4n) is 6.49. The Labute approximate surface area is 260 Å². The highest BCUT2D eigenvalue weighted by Gasteiger charge is 2.45. The van der Waals surface area contributed by atoms with E-state index in [1.807, 2.05) is 0 Å². The summed E-state index contributed by atoms with van der Waals surface area (Å²) in [5.74, 6) is 0.0464. The van der Waals surface area contributed by atoms with Crippen molar-refractivity contribution in [3.05, 3.63) is 63.7 Å². The van der Waals surface area contributed by atoms with Crippen molar-refractivity contribution in [2.45, 2.75) is 109 Å². The molecule has 2 aliphatic heterocycles. The van der Waals surface area contributed by atoms with Crippen LogP contribution in [0.25, 0.3) is 5.57 Å². The minimum atomic E-state index is -4.57. The number of fused-ring (bicyclic) bond motifs is 1. The summed E-state index contributed by atoms with van der Waals surface area (Å²) in [6.45, 7) is 17.9. The van der Waals surface area contributed by atoms with Crippen LogP contribution in [0, 0.1) is 5.41 Å². The summed E-state index contributed by atoms with van der Waals surface area (Å²) in [6.07, 6.45) is 0.950. The van der Waals surface area contributed by atoms with Crippen LogP contribution in [-0.2, 0) is 26.5 Å². The smallest absolute Gasteiger partial charge is 0.410 e. The van der Waals surface area contributed by atoms with Crippen molar-refractivity contribution in [3.8, 4) is 0 Å². The minimum Gasteiger partial charge on any atom is -0.410 e. The minimum absolute atomic E-state index is 0.0173. The molecule has 10 heteroatoms. The maximum Gasteiger partial charge on any atom is 0.433 e. The molecule has 2 aromatic heterocycles. The van der Waals surface area contributed by atoms with Crippen LogP contribution in [0.4, 0.5) is 13.2 Å². The average molecular weight is 633 g/mol. The van der Waals surface area contributed by atoms with Crippen LogP contribution in [0.5, 0.6) is 0 Å². The van der Waals surface area contributed by atoms with Gasteiger partial charge < -0.3 is 19.0 Å². The van der Waals surface area contributed by atoms with Gasteiger partial charge in [-0.2, -0.15) is 13.2 Å². The molecule has 0 saturated carbocycles. The van der Waals surface area contributed by atoms with E-state index in [2.05, 4.69) is 58.8 Å². The summed E-state index contributed by atoms with van der Waals surface area (Å²) >= 11 is 0. The molecule has 2 aromatic rings. The van der Waals surface area contributed by atoms with Crippen molar-refractivity contribution in [1.82, 2.24) is 9.97 Å². The zero-order valence-electron chi connectivity index (χ0n) is 27.1. The zero-order valence-corrected chi connectivity index (χ0v) is 28.1. The molecule has 6 nitrogen and oxygen atoms in total. The Morgan fingerprint density at radius 2 is 1.77 bits per heavy atom. The molecule has 5 rings (SSSR count). The molecule has 4 heterocycles. The van der Waals surface area contributed by atoms with Gasteiger partial charge in [0.05, 0.1) is 25.0 Å². The first-order valence-electron chi connectivity index (χ1n) is 15.8. The number of nitrogens with zero attached hydrogens (tertiary/aromatic N) is 2. The molecule has 2 atom stereocenters. The number of pyridine rings is 2. The first kappa shape index (κ1) is 33.3. The Bertz CT molecular complexity index is 1380. The second kappa shape index (κ2) is 12.2. The van der Waals surface area contributed by atoms with E-state index in [4.69, 9.17) is 18.9 Å². The van der Waals surface area contributed by atoms with Gasteiger partial charge in [-0.25, -0.2) is 0 Å². The predicted molar refractivity (Wildman–Crippen MR) is 167 cm³/mol. The van der Waals surface area contributed by atoms with E-state index in [1.54, 1.807) is 0 Å². The van der Waals surface area contributed by atoms with E-state index in [0.29, 0.717) is 44.0 Å². The number of aliphatic hydroxyl groups excluding tert-OH is 1. The van der Waals surface area contributed by atoms with Crippen LogP contribution in [-0.4, -0.2) is 49.8 Å². The van der Waals surface area contributed by atoms with Crippen molar-refractivity contribution < 1.29 is 32.2 Å². The molecule has 0 amide bonds. The SMILES string of the molecule is CC1(C)Cc2nc(C3CCOCC3)c([C@H](O)c3ccc(C(F)(F)F)nc3)c(C3=CCOCC3)c2[C@@H](O[Si](C)(C)C(C)(C)C)C1. The predicted octanol–water partition coefficient (Wildman–Crippen LogP) is 8.31. The first-order valence-corrected chi connectivity index (χ1v) is 18.7. The lowest BCUT2D eigenvalue weighted by Crippen LogP contribution is -2.44. The Balaban J connectivity index is 1.78. The standard InChI is InChI=1S/C34H47F3N2O4Si/c1-32(2,3)44(6,7)43-25-19-33(4,5)18-24-28(25)27(21-10-14-41-15-11-21)29(30(39-24)22-12-16-42-17-13-22)31(40)23-8-9-26(38-20-23)34(35,36)37/h8-10,20,22,25,31,40H,11-19H2,1-7H3/t25-,31+/m0/s1. The molecular formula is C34H47F3N2O4Si. The van der Waals surface area contributed by atoms with Crippen LogP contribution in [0.15, 0.2) is 24.4 Å². The Hall–Kier alpha value is -2.11. The molecule has 242 valence electrons. The van der Waals surface area contributed by atoms with E-state index < -0.39 is 26.3 Å². The number of aromatic nitrogens is 2. The summed E-state index contributed by atoms with van der Waals surface area (Å²) in [4.78, 5) is 9.09. The van der Waals surface area contributed by atoms with Crippen LogP contribution < -0.4 is 0 Å². The number of aliphatic hydroxyl groups is 1. The molecule has 1 fully saturated rings. The molecular weight excluding hydrogens is 585 g/mol. The van der Waals surface area contributed by atoms with Gasteiger partial charge in [0.15, 0.2) is 8.32 Å². The van der Waals surface area contributed by atoms with Crippen molar-refractivity contribution >= 4 is 13.9 Å². The van der Waals surface area contributed by atoms with Crippen LogP contribution >= 0.6 is 0 Å². The summed E-state index contributed by atoms with van der Waals surface area (Å²) in [5.41, 5.74) is 4.76. The summed E-state index contributed by atoms with van der Waals surface area (Å²) in [5, 5.41) is 12.2. The third kappa shape index (κ3) is 6.84. The highest BCUT2D eigenvalue weighted by atomic mass is 28.4. The van der Waals surface area contributed by atoms with Gasteiger partial charge in [-0.05, 0) is 72.9 Å². The van der Waals surface area contributed by atoms with Gasteiger partial charge in [-0.1, -0.05) is 46.8 Å². The van der Waals surface area contributed by atoms with Gasteiger partial charge in [0.2, 0.25) is 0 Å². The van der Waals surface area contributed by atoms with Crippen molar-refractivity contribution in [3.63, 3.8) is 0 Å². The summed E-state index contributed by atoms with van der Waals surface area (Å²) in [6, 6.07) is 2.28. The monoisotopic (exact) mass is 632 g/mol. The molecule has 1 N–H and O–H groups in total. The van der Waals surface area contributed by atoms with Gasteiger partial charge in [0, 0.05) is 47.7 Å². The lowest BCUT2D eigenvalue weighted by Gasteiger charge is -2.45. The van der Waals surface area contributed by atoms with E-state index in [9.17, 15) is 18.3 Å². The fraction of sp³-hybridized carbons (Fsp3) is 0.647. The number of ether oxygens (including phenoxy) is 2. The molecule has 0 bridgehead atoms. The summed E-state index contributed by atoms with van der Waals surface area (Å²) in [7, 11) is -2.24. The molecule has 44 heavy (non-hydrogen) atoms. The van der Waals surface area contributed by atoms with E-state index in [1.165, 1.54) is 6.07 Å². The van der Waals surface area contributed by atoms with E-state index >= 15 is 0 Å². The first-order chi connectivity index (χ1) is 20.5. The molecule has 1 saturated heterocycles. The maximum absolute atomic E-state index is 13.4. The van der Waals surface area contributed by atoms with Crippen LogP contribution in [0.2, 0.25) is 18.1 Å². The Morgan fingerprint density at radius 1 is 1.07 bits per heavy atom. The van der Waals surface area contributed by atoms with Gasteiger partial charge in [0.1, 0.15) is 11.8 Å². The van der Waals surface area contributed by atoms with Crippen molar-refractivity contribution in [2.75, 3.05) is 26.4 Å². The molecule has 0 aromatic carbocycles. The topological polar surface area (TPSA) is 73.7 Å². The molecule has 0 radical (unpaired) electrons. The molecule has 3 aliphatic rings.